The van der Waals surface area contributed by atoms with Gasteiger partial charge in [0.1, 0.15) is 11.5 Å². The smallest absolute Gasteiger partial charge is 0.244 e. The van der Waals surface area contributed by atoms with Gasteiger partial charge in [-0.1, -0.05) is 12.1 Å². The topological polar surface area (TPSA) is 51.5 Å². The summed E-state index contributed by atoms with van der Waals surface area (Å²) in [5.41, 5.74) is 2.47. The van der Waals surface area contributed by atoms with Gasteiger partial charge in [-0.05, 0) is 48.7 Å². The fourth-order valence-corrected chi connectivity index (χ4v) is 2.61. The second-order valence-corrected chi connectivity index (χ2v) is 5.50. The SMILES string of the molecule is CC(Cc1ccc2c(c1)CCO2)NC(=O)C=Cc1ccco1. The molecule has 4 nitrogen and oxygen atoms in total. The summed E-state index contributed by atoms with van der Waals surface area (Å²) in [6.45, 7) is 2.77. The maximum absolute atomic E-state index is 11.9. The van der Waals surface area contributed by atoms with Gasteiger partial charge in [-0.15, -0.1) is 0 Å². The summed E-state index contributed by atoms with van der Waals surface area (Å²) in [4.78, 5) is 11.9. The maximum atomic E-state index is 11.9. The highest BCUT2D eigenvalue weighted by molar-refractivity contribution is 5.91. The van der Waals surface area contributed by atoms with Crippen LogP contribution in [0.5, 0.6) is 5.75 Å². The fraction of sp³-hybridized carbons (Fsp3) is 0.278. The molecule has 4 heteroatoms. The first-order valence-electron chi connectivity index (χ1n) is 7.47. The molecule has 1 aliphatic heterocycles. The zero-order valence-electron chi connectivity index (χ0n) is 12.5. The Labute approximate surface area is 129 Å². The molecule has 1 aromatic carbocycles. The molecule has 1 aliphatic rings. The van der Waals surface area contributed by atoms with E-state index in [1.165, 1.54) is 17.2 Å². The molecule has 0 saturated carbocycles. The van der Waals surface area contributed by atoms with E-state index >= 15 is 0 Å². The van der Waals surface area contributed by atoms with E-state index in [1.54, 1.807) is 24.5 Å². The Hall–Kier alpha value is -2.49. The van der Waals surface area contributed by atoms with Gasteiger partial charge in [-0.3, -0.25) is 4.79 Å². The lowest BCUT2D eigenvalue weighted by Crippen LogP contribution is -2.32. The monoisotopic (exact) mass is 297 g/mol. The van der Waals surface area contributed by atoms with Crippen molar-refractivity contribution in [1.82, 2.24) is 5.32 Å². The highest BCUT2D eigenvalue weighted by Gasteiger charge is 2.13. The van der Waals surface area contributed by atoms with Crippen LogP contribution < -0.4 is 10.1 Å². The highest BCUT2D eigenvalue weighted by atomic mass is 16.5. The van der Waals surface area contributed by atoms with E-state index in [2.05, 4.69) is 17.4 Å². The minimum Gasteiger partial charge on any atom is -0.493 e. The Bertz CT molecular complexity index is 674. The number of hydrogen-bond acceptors (Lipinski definition) is 3. The van der Waals surface area contributed by atoms with Crippen LogP contribution in [0.2, 0.25) is 0 Å². The van der Waals surface area contributed by atoms with E-state index in [-0.39, 0.29) is 11.9 Å². The van der Waals surface area contributed by atoms with Crippen molar-refractivity contribution in [2.75, 3.05) is 6.61 Å². The van der Waals surface area contributed by atoms with Gasteiger partial charge in [0.2, 0.25) is 5.91 Å². The lowest BCUT2D eigenvalue weighted by Gasteiger charge is -2.13. The summed E-state index contributed by atoms with van der Waals surface area (Å²) in [7, 11) is 0. The van der Waals surface area contributed by atoms with Gasteiger partial charge in [0.25, 0.3) is 0 Å². The minimum absolute atomic E-state index is 0.0640. The van der Waals surface area contributed by atoms with Crippen LogP contribution in [-0.2, 0) is 17.6 Å². The molecule has 0 spiro atoms. The van der Waals surface area contributed by atoms with Crippen LogP contribution in [0.15, 0.2) is 47.1 Å². The second-order valence-electron chi connectivity index (χ2n) is 5.50. The number of carbonyl (C=O) groups is 1. The average Bonchev–Trinajstić information content (AvgIpc) is 3.15. The van der Waals surface area contributed by atoms with Crippen LogP contribution >= 0.6 is 0 Å². The minimum atomic E-state index is -0.117. The van der Waals surface area contributed by atoms with Gasteiger partial charge in [-0.25, -0.2) is 0 Å². The third-order valence-electron chi connectivity index (χ3n) is 3.63. The molecular weight excluding hydrogens is 278 g/mol. The van der Waals surface area contributed by atoms with Crippen molar-refractivity contribution in [2.45, 2.75) is 25.8 Å². The summed E-state index contributed by atoms with van der Waals surface area (Å²) in [5.74, 6) is 1.54. The van der Waals surface area contributed by atoms with Gasteiger partial charge in [0.15, 0.2) is 0 Å². The van der Waals surface area contributed by atoms with Crippen molar-refractivity contribution in [3.63, 3.8) is 0 Å². The molecule has 2 heterocycles. The number of amides is 1. The number of fused-ring (bicyclic) bond motifs is 1. The normalized spacial score (nSPS) is 14.6. The highest BCUT2D eigenvalue weighted by Crippen LogP contribution is 2.26. The van der Waals surface area contributed by atoms with Crippen LogP contribution in [0, 0.1) is 0 Å². The van der Waals surface area contributed by atoms with Crippen molar-refractivity contribution in [3.8, 4) is 5.75 Å². The zero-order valence-corrected chi connectivity index (χ0v) is 12.5. The third kappa shape index (κ3) is 3.58. The van der Waals surface area contributed by atoms with E-state index in [0.717, 1.165) is 25.2 Å². The van der Waals surface area contributed by atoms with Gasteiger partial charge >= 0.3 is 0 Å². The molecule has 0 fully saturated rings. The second kappa shape index (κ2) is 6.52. The summed E-state index contributed by atoms with van der Waals surface area (Å²) in [5, 5.41) is 2.96. The number of rotatable bonds is 5. The van der Waals surface area contributed by atoms with Crippen LogP contribution in [0.1, 0.15) is 23.8 Å². The molecule has 0 radical (unpaired) electrons. The van der Waals surface area contributed by atoms with Gasteiger partial charge in [0, 0.05) is 18.5 Å². The Morgan fingerprint density at radius 1 is 1.41 bits per heavy atom. The maximum Gasteiger partial charge on any atom is 0.244 e. The Kier molecular flexibility index (Phi) is 4.28. The Morgan fingerprint density at radius 3 is 3.14 bits per heavy atom. The van der Waals surface area contributed by atoms with Gasteiger partial charge in [0.05, 0.1) is 12.9 Å². The largest absolute Gasteiger partial charge is 0.493 e. The van der Waals surface area contributed by atoms with E-state index in [9.17, 15) is 4.79 Å². The summed E-state index contributed by atoms with van der Waals surface area (Å²) in [6.07, 6.45) is 6.50. The Balaban J connectivity index is 1.53. The van der Waals surface area contributed by atoms with Crippen molar-refractivity contribution < 1.29 is 13.9 Å². The average molecular weight is 297 g/mol. The molecule has 1 unspecified atom stereocenters. The molecule has 0 saturated heterocycles. The molecule has 2 aromatic rings. The number of hydrogen-bond donors (Lipinski definition) is 1. The van der Waals surface area contributed by atoms with Crippen molar-refractivity contribution in [1.29, 1.82) is 0 Å². The number of benzene rings is 1. The number of carbonyl (C=O) groups excluding carboxylic acids is 1. The van der Waals surface area contributed by atoms with Crippen LogP contribution in [0.3, 0.4) is 0 Å². The van der Waals surface area contributed by atoms with Gasteiger partial charge in [-0.2, -0.15) is 0 Å². The number of ether oxygens (including phenoxy) is 1. The number of furan rings is 1. The van der Waals surface area contributed by atoms with E-state index in [1.807, 2.05) is 13.0 Å². The predicted octanol–water partition coefficient (Wildman–Crippen LogP) is 2.98. The fourth-order valence-electron chi connectivity index (χ4n) is 2.61. The molecule has 114 valence electrons. The van der Waals surface area contributed by atoms with Crippen LogP contribution in [-0.4, -0.2) is 18.6 Å². The molecule has 0 bridgehead atoms. The first-order valence-corrected chi connectivity index (χ1v) is 7.47. The molecule has 3 rings (SSSR count). The van der Waals surface area contributed by atoms with E-state index in [0.29, 0.717) is 5.76 Å². The van der Waals surface area contributed by atoms with Crippen molar-refractivity contribution in [2.24, 2.45) is 0 Å². The first kappa shape index (κ1) is 14.4. The molecule has 1 amide bonds. The summed E-state index contributed by atoms with van der Waals surface area (Å²) >= 11 is 0. The van der Waals surface area contributed by atoms with E-state index < -0.39 is 0 Å². The standard InChI is InChI=1S/C18H19NO3/c1-13(19-18(20)7-5-16-3-2-9-21-16)11-14-4-6-17-15(12-14)8-10-22-17/h2-7,9,12-13H,8,10-11H2,1H3,(H,19,20). The summed E-state index contributed by atoms with van der Waals surface area (Å²) in [6, 6.07) is 9.91. The van der Waals surface area contributed by atoms with E-state index in [4.69, 9.17) is 9.15 Å². The van der Waals surface area contributed by atoms with Crippen molar-refractivity contribution >= 4 is 12.0 Å². The first-order chi connectivity index (χ1) is 10.7. The molecule has 1 aromatic heterocycles. The molecular formula is C18H19NO3. The summed E-state index contributed by atoms with van der Waals surface area (Å²) < 4.78 is 10.7. The molecule has 1 atom stereocenters. The quantitative estimate of drug-likeness (QED) is 0.863. The van der Waals surface area contributed by atoms with Gasteiger partial charge < -0.3 is 14.5 Å². The molecule has 1 N–H and O–H groups in total. The number of nitrogens with one attached hydrogen (secondary N) is 1. The lowest BCUT2D eigenvalue weighted by molar-refractivity contribution is -0.117. The van der Waals surface area contributed by atoms with Crippen LogP contribution in [0.25, 0.3) is 6.08 Å². The predicted molar refractivity (Wildman–Crippen MR) is 84.7 cm³/mol. The third-order valence-corrected chi connectivity index (χ3v) is 3.63. The molecule has 0 aliphatic carbocycles. The van der Waals surface area contributed by atoms with Crippen molar-refractivity contribution in [3.05, 3.63) is 59.6 Å². The molecule has 22 heavy (non-hydrogen) atoms. The zero-order chi connectivity index (χ0) is 15.4. The Morgan fingerprint density at radius 2 is 2.32 bits per heavy atom. The lowest BCUT2D eigenvalue weighted by atomic mass is 10.0. The van der Waals surface area contributed by atoms with Crippen LogP contribution in [0.4, 0.5) is 0 Å².